The lowest BCUT2D eigenvalue weighted by Crippen LogP contribution is -2.18. The smallest absolute Gasteiger partial charge is 0.348 e. The first kappa shape index (κ1) is 18.4. The van der Waals surface area contributed by atoms with Gasteiger partial charge in [-0.15, -0.1) is 11.3 Å². The molecule has 2 aromatic heterocycles. The molecule has 5 nitrogen and oxygen atoms in total. The van der Waals surface area contributed by atoms with Crippen molar-refractivity contribution >= 4 is 23.1 Å². The van der Waals surface area contributed by atoms with E-state index in [1.807, 2.05) is 26.0 Å². The molecule has 1 aliphatic carbocycles. The third-order valence-electron chi connectivity index (χ3n) is 5.57. The van der Waals surface area contributed by atoms with E-state index in [4.69, 9.17) is 9.47 Å². The van der Waals surface area contributed by atoms with Crippen molar-refractivity contribution in [1.82, 2.24) is 4.57 Å². The molecule has 0 bridgehead atoms. The van der Waals surface area contributed by atoms with Crippen molar-refractivity contribution in [3.8, 4) is 0 Å². The van der Waals surface area contributed by atoms with E-state index in [-0.39, 0.29) is 18.5 Å². The van der Waals surface area contributed by atoms with Gasteiger partial charge < -0.3 is 14.0 Å². The van der Waals surface area contributed by atoms with Crippen molar-refractivity contribution in [2.75, 3.05) is 13.2 Å². The lowest BCUT2D eigenvalue weighted by Gasteiger charge is -2.14. The molecule has 6 heteroatoms. The molecule has 1 atom stereocenters. The molecule has 0 radical (unpaired) electrons. The average Bonchev–Trinajstić information content (AvgIpc) is 3.40. The van der Waals surface area contributed by atoms with Gasteiger partial charge >= 0.3 is 5.97 Å². The van der Waals surface area contributed by atoms with E-state index in [0.717, 1.165) is 56.6 Å². The van der Waals surface area contributed by atoms with Gasteiger partial charge in [0.1, 0.15) is 4.88 Å². The van der Waals surface area contributed by atoms with Crippen LogP contribution in [0.2, 0.25) is 0 Å². The fraction of sp³-hybridized carbons (Fsp3) is 0.524. The van der Waals surface area contributed by atoms with Crippen LogP contribution in [0.15, 0.2) is 12.1 Å². The molecule has 144 valence electrons. The van der Waals surface area contributed by atoms with Crippen LogP contribution in [0.1, 0.15) is 61.1 Å². The molecule has 0 amide bonds. The van der Waals surface area contributed by atoms with Gasteiger partial charge in [-0.1, -0.05) is 0 Å². The summed E-state index contributed by atoms with van der Waals surface area (Å²) in [6.45, 7) is 5.31. The number of rotatable bonds is 6. The molecule has 4 rings (SSSR count). The van der Waals surface area contributed by atoms with Gasteiger partial charge in [-0.05, 0) is 63.6 Å². The maximum Gasteiger partial charge on any atom is 0.348 e. The van der Waals surface area contributed by atoms with Crippen LogP contribution in [0, 0.1) is 13.8 Å². The van der Waals surface area contributed by atoms with Crippen molar-refractivity contribution in [3.05, 3.63) is 44.4 Å². The van der Waals surface area contributed by atoms with Gasteiger partial charge in [-0.25, -0.2) is 4.79 Å². The van der Waals surface area contributed by atoms with Crippen molar-refractivity contribution < 1.29 is 19.1 Å². The molecule has 0 N–H and O–H groups in total. The van der Waals surface area contributed by atoms with E-state index < -0.39 is 5.97 Å². The Hall–Kier alpha value is -1.92. The van der Waals surface area contributed by atoms with Crippen LogP contribution in [0.4, 0.5) is 0 Å². The van der Waals surface area contributed by atoms with Gasteiger partial charge in [0.2, 0.25) is 5.78 Å². The zero-order valence-electron chi connectivity index (χ0n) is 15.9. The highest BCUT2D eigenvalue weighted by molar-refractivity contribution is 7.14. The van der Waals surface area contributed by atoms with Crippen LogP contribution in [0.5, 0.6) is 0 Å². The molecule has 27 heavy (non-hydrogen) atoms. The maximum atomic E-state index is 12.6. The van der Waals surface area contributed by atoms with Crippen molar-refractivity contribution in [1.29, 1.82) is 0 Å². The number of carbonyl (C=O) groups excluding carboxylic acids is 2. The molecule has 1 saturated heterocycles. The number of aryl methyl sites for hydroxylation is 3. The van der Waals surface area contributed by atoms with Crippen LogP contribution in [0.3, 0.4) is 0 Å². The van der Waals surface area contributed by atoms with E-state index in [1.54, 1.807) is 0 Å². The lowest BCUT2D eigenvalue weighted by atomic mass is 10.1. The van der Waals surface area contributed by atoms with Gasteiger partial charge in [0.15, 0.2) is 6.61 Å². The largest absolute Gasteiger partial charge is 0.453 e. The van der Waals surface area contributed by atoms with Crippen molar-refractivity contribution in [3.63, 3.8) is 0 Å². The number of hydrogen-bond acceptors (Lipinski definition) is 5. The summed E-state index contributed by atoms with van der Waals surface area (Å²) in [6, 6.07) is 3.81. The number of ketones is 1. The monoisotopic (exact) mass is 387 g/mol. The number of hydrogen-bond donors (Lipinski definition) is 0. The molecular weight excluding hydrogens is 362 g/mol. The van der Waals surface area contributed by atoms with Gasteiger partial charge in [-0.2, -0.15) is 0 Å². The minimum atomic E-state index is -0.393. The average molecular weight is 388 g/mol. The summed E-state index contributed by atoms with van der Waals surface area (Å²) >= 11 is 1.50. The Labute approximate surface area is 163 Å². The SMILES string of the molecule is Cc1cc(C(=O)COC(=O)c2cc3c(s2)CCC3)c(C)n1C[C@H]1CCCO1. The first-order valence-corrected chi connectivity index (χ1v) is 10.4. The number of fused-ring (bicyclic) bond motifs is 1. The van der Waals surface area contributed by atoms with E-state index in [0.29, 0.717) is 10.4 Å². The van der Waals surface area contributed by atoms with Gasteiger partial charge in [0.05, 0.1) is 6.10 Å². The summed E-state index contributed by atoms with van der Waals surface area (Å²) < 4.78 is 13.2. The molecule has 0 unspecified atom stereocenters. The van der Waals surface area contributed by atoms with Gasteiger partial charge in [0, 0.05) is 35.0 Å². The molecule has 1 fully saturated rings. The summed E-state index contributed by atoms with van der Waals surface area (Å²) in [5.74, 6) is -0.546. The number of esters is 1. The first-order valence-electron chi connectivity index (χ1n) is 9.63. The first-order chi connectivity index (χ1) is 13.0. The number of Topliss-reactive ketones (excluding diaryl/α,β-unsaturated/α-hetero) is 1. The highest BCUT2D eigenvalue weighted by atomic mass is 32.1. The maximum absolute atomic E-state index is 12.6. The minimum absolute atomic E-state index is 0.154. The third-order valence-corrected chi connectivity index (χ3v) is 6.78. The van der Waals surface area contributed by atoms with Crippen molar-refractivity contribution in [2.45, 2.75) is 58.6 Å². The fourth-order valence-electron chi connectivity index (χ4n) is 4.07. The Bertz CT molecular complexity index is 852. The Morgan fingerprint density at radius 3 is 2.85 bits per heavy atom. The molecule has 3 heterocycles. The second-order valence-corrected chi connectivity index (χ2v) is 8.58. The van der Waals surface area contributed by atoms with Crippen LogP contribution >= 0.6 is 11.3 Å². The topological polar surface area (TPSA) is 57.5 Å². The van der Waals surface area contributed by atoms with Crippen LogP contribution in [0.25, 0.3) is 0 Å². The summed E-state index contributed by atoms with van der Waals surface area (Å²) in [5, 5.41) is 0. The standard InChI is InChI=1S/C21H25NO4S/c1-13-9-17(14(2)22(13)11-16-6-4-8-25-16)18(23)12-26-21(24)20-10-15-5-3-7-19(15)27-20/h9-10,16H,3-8,11-12H2,1-2H3/t16-/m1/s1. The molecule has 1 aliphatic heterocycles. The molecule has 0 aromatic carbocycles. The predicted molar refractivity (Wildman–Crippen MR) is 104 cm³/mol. The minimum Gasteiger partial charge on any atom is -0.453 e. The second-order valence-electron chi connectivity index (χ2n) is 7.44. The Balaban J connectivity index is 1.39. The van der Waals surface area contributed by atoms with Gasteiger partial charge in [0.25, 0.3) is 0 Å². The number of nitrogens with zero attached hydrogens (tertiary/aromatic N) is 1. The van der Waals surface area contributed by atoms with E-state index in [1.165, 1.54) is 21.8 Å². The van der Waals surface area contributed by atoms with Crippen LogP contribution in [-0.2, 0) is 28.9 Å². The van der Waals surface area contributed by atoms with Gasteiger partial charge in [-0.3, -0.25) is 4.79 Å². The third kappa shape index (κ3) is 3.73. The molecule has 2 aliphatic rings. The molecule has 0 spiro atoms. The molecule has 2 aromatic rings. The lowest BCUT2D eigenvalue weighted by molar-refractivity contribution is 0.0479. The summed E-state index contributed by atoms with van der Waals surface area (Å²) in [4.78, 5) is 26.8. The Kier molecular flexibility index (Phi) is 5.19. The fourth-order valence-corrected chi connectivity index (χ4v) is 5.21. The second kappa shape index (κ2) is 7.60. The Morgan fingerprint density at radius 1 is 1.26 bits per heavy atom. The quantitative estimate of drug-likeness (QED) is 0.558. The zero-order chi connectivity index (χ0) is 19.0. The number of thiophene rings is 1. The summed E-state index contributed by atoms with van der Waals surface area (Å²) in [7, 11) is 0. The summed E-state index contributed by atoms with van der Waals surface area (Å²) in [6.07, 6.45) is 5.62. The predicted octanol–water partition coefficient (Wildman–Crippen LogP) is 3.87. The van der Waals surface area contributed by atoms with E-state index >= 15 is 0 Å². The number of carbonyl (C=O) groups is 2. The highest BCUT2D eigenvalue weighted by Crippen LogP contribution is 2.31. The molecule has 0 saturated carbocycles. The van der Waals surface area contributed by atoms with E-state index in [2.05, 4.69) is 4.57 Å². The highest BCUT2D eigenvalue weighted by Gasteiger charge is 2.23. The number of ether oxygens (including phenoxy) is 2. The van der Waals surface area contributed by atoms with Crippen molar-refractivity contribution in [2.24, 2.45) is 0 Å². The summed E-state index contributed by atoms with van der Waals surface area (Å²) in [5.41, 5.74) is 3.84. The Morgan fingerprint density at radius 2 is 2.11 bits per heavy atom. The normalized spacial score (nSPS) is 18.7. The zero-order valence-corrected chi connectivity index (χ0v) is 16.7. The van der Waals surface area contributed by atoms with E-state index in [9.17, 15) is 9.59 Å². The van der Waals surface area contributed by atoms with Crippen LogP contribution < -0.4 is 0 Å². The number of aromatic nitrogens is 1. The van der Waals surface area contributed by atoms with Crippen LogP contribution in [-0.4, -0.2) is 35.6 Å². The molecular formula is C21H25NO4S.